The summed E-state index contributed by atoms with van der Waals surface area (Å²) in [6.45, 7) is 6.07. The number of nitrogens with zero attached hydrogens (tertiary/aromatic N) is 2. The maximum atomic E-state index is 10.4. The summed E-state index contributed by atoms with van der Waals surface area (Å²) in [5.74, 6) is -1.20. The van der Waals surface area contributed by atoms with Gasteiger partial charge in [0.05, 0.1) is 0 Å². The summed E-state index contributed by atoms with van der Waals surface area (Å²) in [4.78, 5) is 14.0. The quantitative estimate of drug-likeness (QED) is 0.711. The minimum absolute atomic E-state index is 0.302. The standard InChI is InChI=1S/C8H11N3O3/c1-5(2)9-4-3-6-10-7(8(12)13)11-14-6/h9H,1,3-4H2,2H3,(H,12,13). The highest BCUT2D eigenvalue weighted by molar-refractivity contribution is 5.82. The van der Waals surface area contributed by atoms with Crippen LogP contribution in [0.4, 0.5) is 0 Å². The van der Waals surface area contributed by atoms with Crippen LogP contribution >= 0.6 is 0 Å². The second-order valence-corrected chi connectivity index (χ2v) is 2.77. The minimum Gasteiger partial charge on any atom is -0.475 e. The monoisotopic (exact) mass is 197 g/mol. The fraction of sp³-hybridized carbons (Fsp3) is 0.375. The molecule has 0 bridgehead atoms. The van der Waals surface area contributed by atoms with Gasteiger partial charge in [-0.25, -0.2) is 4.79 Å². The van der Waals surface area contributed by atoms with E-state index in [0.29, 0.717) is 18.9 Å². The van der Waals surface area contributed by atoms with Gasteiger partial charge in [-0.2, -0.15) is 4.98 Å². The number of carboxylic acids is 1. The second-order valence-electron chi connectivity index (χ2n) is 2.77. The first-order chi connectivity index (χ1) is 6.59. The van der Waals surface area contributed by atoms with Gasteiger partial charge in [0.2, 0.25) is 5.89 Å². The molecule has 1 aromatic heterocycles. The van der Waals surface area contributed by atoms with Crippen molar-refractivity contribution in [1.29, 1.82) is 0 Å². The Balaban J connectivity index is 2.44. The Labute approximate surface area is 80.6 Å². The van der Waals surface area contributed by atoms with Crippen molar-refractivity contribution in [3.05, 3.63) is 24.0 Å². The summed E-state index contributed by atoms with van der Waals surface area (Å²) < 4.78 is 4.70. The molecule has 6 heteroatoms. The van der Waals surface area contributed by atoms with E-state index in [1.807, 2.05) is 6.92 Å². The van der Waals surface area contributed by atoms with E-state index in [2.05, 4.69) is 22.0 Å². The van der Waals surface area contributed by atoms with Crippen molar-refractivity contribution >= 4 is 5.97 Å². The van der Waals surface area contributed by atoms with Crippen LogP contribution in [0.25, 0.3) is 0 Å². The molecule has 1 aromatic rings. The highest BCUT2D eigenvalue weighted by atomic mass is 16.5. The summed E-state index contributed by atoms with van der Waals surface area (Å²) in [5, 5.41) is 14.7. The van der Waals surface area contributed by atoms with Gasteiger partial charge in [0.1, 0.15) is 0 Å². The van der Waals surface area contributed by atoms with Gasteiger partial charge in [0, 0.05) is 18.7 Å². The fourth-order valence-corrected chi connectivity index (χ4v) is 0.826. The lowest BCUT2D eigenvalue weighted by Gasteiger charge is -2.00. The number of hydrogen-bond donors (Lipinski definition) is 2. The zero-order valence-corrected chi connectivity index (χ0v) is 7.78. The molecule has 0 unspecified atom stereocenters. The topological polar surface area (TPSA) is 88.2 Å². The maximum absolute atomic E-state index is 10.4. The van der Waals surface area contributed by atoms with Gasteiger partial charge in [0.15, 0.2) is 0 Å². The molecule has 0 spiro atoms. The molecule has 0 aliphatic carbocycles. The van der Waals surface area contributed by atoms with Crippen LogP contribution in [0.15, 0.2) is 16.8 Å². The molecule has 6 nitrogen and oxygen atoms in total. The van der Waals surface area contributed by atoms with Crippen LogP contribution in [0.2, 0.25) is 0 Å². The van der Waals surface area contributed by atoms with E-state index in [0.717, 1.165) is 5.70 Å². The number of nitrogens with one attached hydrogen (secondary N) is 1. The van der Waals surface area contributed by atoms with Gasteiger partial charge in [0.25, 0.3) is 5.82 Å². The molecule has 0 fully saturated rings. The molecule has 0 aliphatic rings. The zero-order chi connectivity index (χ0) is 10.6. The molecule has 0 amide bonds. The highest BCUT2D eigenvalue weighted by Crippen LogP contribution is 1.97. The Morgan fingerprint density at radius 2 is 2.43 bits per heavy atom. The average molecular weight is 197 g/mol. The van der Waals surface area contributed by atoms with E-state index in [4.69, 9.17) is 9.63 Å². The third kappa shape index (κ3) is 2.89. The normalized spacial score (nSPS) is 9.79. The van der Waals surface area contributed by atoms with Crippen molar-refractivity contribution in [2.45, 2.75) is 13.3 Å². The van der Waals surface area contributed by atoms with Gasteiger partial charge >= 0.3 is 5.97 Å². The van der Waals surface area contributed by atoms with E-state index in [-0.39, 0.29) is 5.82 Å². The Bertz CT molecular complexity index is 345. The lowest BCUT2D eigenvalue weighted by atomic mass is 10.4. The first kappa shape index (κ1) is 10.2. The van der Waals surface area contributed by atoms with Crippen LogP contribution in [0.5, 0.6) is 0 Å². The Morgan fingerprint density at radius 1 is 1.71 bits per heavy atom. The lowest BCUT2D eigenvalue weighted by Crippen LogP contribution is -2.14. The van der Waals surface area contributed by atoms with E-state index >= 15 is 0 Å². The molecule has 0 saturated carbocycles. The fourth-order valence-electron chi connectivity index (χ4n) is 0.826. The van der Waals surface area contributed by atoms with Gasteiger partial charge in [-0.15, -0.1) is 0 Å². The Morgan fingerprint density at radius 3 is 2.93 bits per heavy atom. The lowest BCUT2D eigenvalue weighted by molar-refractivity contribution is 0.0680. The summed E-state index contributed by atoms with van der Waals surface area (Å²) in [6, 6.07) is 0. The van der Waals surface area contributed by atoms with Gasteiger partial charge in [-0.05, 0) is 12.1 Å². The SMILES string of the molecule is C=C(C)NCCc1nc(C(=O)O)no1. The first-order valence-corrected chi connectivity index (χ1v) is 4.05. The van der Waals surface area contributed by atoms with Crippen molar-refractivity contribution in [3.63, 3.8) is 0 Å². The van der Waals surface area contributed by atoms with Crippen molar-refractivity contribution < 1.29 is 14.4 Å². The van der Waals surface area contributed by atoms with Crippen molar-refractivity contribution in [2.75, 3.05) is 6.54 Å². The van der Waals surface area contributed by atoms with Crippen molar-refractivity contribution in [3.8, 4) is 0 Å². The molecule has 14 heavy (non-hydrogen) atoms. The number of carbonyl (C=O) groups is 1. The molecular weight excluding hydrogens is 186 g/mol. The molecule has 0 radical (unpaired) electrons. The largest absolute Gasteiger partial charge is 0.475 e. The number of allylic oxidation sites excluding steroid dienone is 1. The third-order valence-corrected chi connectivity index (χ3v) is 1.43. The second kappa shape index (κ2) is 4.40. The van der Waals surface area contributed by atoms with E-state index in [1.165, 1.54) is 0 Å². The Kier molecular flexibility index (Phi) is 3.22. The predicted octanol–water partition coefficient (Wildman–Crippen LogP) is 0.433. The predicted molar refractivity (Wildman–Crippen MR) is 47.8 cm³/mol. The summed E-state index contributed by atoms with van der Waals surface area (Å²) in [5.41, 5.74) is 0.836. The Hall–Kier alpha value is -1.85. The van der Waals surface area contributed by atoms with Gasteiger partial charge in [-0.1, -0.05) is 6.58 Å². The van der Waals surface area contributed by atoms with E-state index in [9.17, 15) is 4.79 Å². The van der Waals surface area contributed by atoms with Crippen LogP contribution in [-0.2, 0) is 6.42 Å². The molecule has 0 saturated heterocycles. The summed E-state index contributed by atoms with van der Waals surface area (Å²) >= 11 is 0. The smallest absolute Gasteiger partial charge is 0.377 e. The van der Waals surface area contributed by atoms with E-state index in [1.54, 1.807) is 0 Å². The number of rotatable bonds is 5. The molecule has 0 aliphatic heterocycles. The summed E-state index contributed by atoms with van der Waals surface area (Å²) in [7, 11) is 0. The number of aromatic nitrogens is 2. The number of carboxylic acid groups (broad SMARTS) is 1. The molecule has 2 N–H and O–H groups in total. The first-order valence-electron chi connectivity index (χ1n) is 4.05. The molecule has 76 valence electrons. The van der Waals surface area contributed by atoms with Crippen molar-refractivity contribution in [1.82, 2.24) is 15.5 Å². The van der Waals surface area contributed by atoms with Crippen LogP contribution < -0.4 is 5.32 Å². The van der Waals surface area contributed by atoms with Crippen LogP contribution in [0, 0.1) is 0 Å². The molecule has 1 rings (SSSR count). The van der Waals surface area contributed by atoms with Gasteiger partial charge < -0.3 is 14.9 Å². The zero-order valence-electron chi connectivity index (χ0n) is 7.78. The molecule has 1 heterocycles. The van der Waals surface area contributed by atoms with Crippen molar-refractivity contribution in [2.24, 2.45) is 0 Å². The molecule has 0 aromatic carbocycles. The minimum atomic E-state index is -1.19. The highest BCUT2D eigenvalue weighted by Gasteiger charge is 2.11. The van der Waals surface area contributed by atoms with E-state index < -0.39 is 5.97 Å². The van der Waals surface area contributed by atoms with Crippen LogP contribution in [0.3, 0.4) is 0 Å². The van der Waals surface area contributed by atoms with Gasteiger partial charge in [-0.3, -0.25) is 0 Å². The third-order valence-electron chi connectivity index (χ3n) is 1.43. The van der Waals surface area contributed by atoms with Crippen LogP contribution in [-0.4, -0.2) is 27.8 Å². The van der Waals surface area contributed by atoms with Crippen LogP contribution in [0.1, 0.15) is 23.4 Å². The number of hydrogen-bond acceptors (Lipinski definition) is 5. The summed E-state index contributed by atoms with van der Waals surface area (Å²) in [6.07, 6.45) is 0.479. The average Bonchev–Trinajstić information content (AvgIpc) is 2.52. The molecular formula is C8H11N3O3. The maximum Gasteiger partial charge on any atom is 0.377 e. The molecule has 0 atom stereocenters. The number of aromatic carboxylic acids is 1.